The summed E-state index contributed by atoms with van der Waals surface area (Å²) in [7, 11) is -1.91. The maximum Gasteiger partial charge on any atom is 0.243 e. The van der Waals surface area contributed by atoms with E-state index in [0.717, 1.165) is 0 Å². The highest BCUT2D eigenvalue weighted by Gasteiger charge is 2.23. The SMILES string of the molecule is CC(C)CN(C)S(=O)(=O)c1ccc(CO)cc1Br. The van der Waals surface area contributed by atoms with Gasteiger partial charge in [-0.25, -0.2) is 12.7 Å². The van der Waals surface area contributed by atoms with Crippen LogP contribution in [0.2, 0.25) is 0 Å². The largest absolute Gasteiger partial charge is 0.392 e. The topological polar surface area (TPSA) is 57.6 Å². The molecular formula is C12H18BrNO3S. The molecule has 0 saturated carbocycles. The summed E-state index contributed by atoms with van der Waals surface area (Å²) in [6.45, 7) is 4.29. The van der Waals surface area contributed by atoms with Gasteiger partial charge in [0.1, 0.15) is 0 Å². The van der Waals surface area contributed by atoms with Gasteiger partial charge in [0.2, 0.25) is 10.0 Å². The molecule has 0 heterocycles. The summed E-state index contributed by atoms with van der Waals surface area (Å²) in [5, 5.41) is 9.00. The van der Waals surface area contributed by atoms with E-state index in [2.05, 4.69) is 15.9 Å². The minimum absolute atomic E-state index is 0.110. The van der Waals surface area contributed by atoms with Crippen LogP contribution in [-0.4, -0.2) is 31.4 Å². The zero-order valence-electron chi connectivity index (χ0n) is 10.7. The predicted molar refractivity (Wildman–Crippen MR) is 74.7 cm³/mol. The first-order chi connectivity index (χ1) is 8.28. The molecule has 0 bridgehead atoms. The van der Waals surface area contributed by atoms with Crippen LogP contribution in [-0.2, 0) is 16.6 Å². The Balaban J connectivity index is 3.12. The van der Waals surface area contributed by atoms with Crippen molar-refractivity contribution in [3.05, 3.63) is 28.2 Å². The standard InChI is InChI=1S/C12H18BrNO3S/c1-9(2)7-14(3)18(16,17)12-5-4-10(8-15)6-11(12)13/h4-6,9,15H,7-8H2,1-3H3. The van der Waals surface area contributed by atoms with Crippen LogP contribution < -0.4 is 0 Å². The Morgan fingerprint density at radius 3 is 2.44 bits per heavy atom. The van der Waals surface area contributed by atoms with Gasteiger partial charge in [-0.2, -0.15) is 0 Å². The second-order valence-electron chi connectivity index (χ2n) is 4.60. The summed E-state index contributed by atoms with van der Waals surface area (Å²) in [5.74, 6) is 0.264. The molecule has 0 saturated heterocycles. The summed E-state index contributed by atoms with van der Waals surface area (Å²) >= 11 is 3.24. The fraction of sp³-hybridized carbons (Fsp3) is 0.500. The van der Waals surface area contributed by atoms with Crippen LogP contribution >= 0.6 is 15.9 Å². The molecule has 0 fully saturated rings. The Hall–Kier alpha value is -0.430. The molecule has 1 N–H and O–H groups in total. The average Bonchev–Trinajstić information content (AvgIpc) is 2.27. The maximum absolute atomic E-state index is 12.3. The molecule has 0 spiro atoms. The molecule has 0 amide bonds. The molecule has 102 valence electrons. The molecule has 1 aromatic rings. The smallest absolute Gasteiger partial charge is 0.243 e. The van der Waals surface area contributed by atoms with Gasteiger partial charge in [-0.05, 0) is 39.5 Å². The Labute approximate surface area is 117 Å². The lowest BCUT2D eigenvalue weighted by molar-refractivity contribution is 0.281. The van der Waals surface area contributed by atoms with E-state index in [-0.39, 0.29) is 17.4 Å². The summed E-state index contributed by atoms with van der Waals surface area (Å²) in [5.41, 5.74) is 0.673. The Morgan fingerprint density at radius 2 is 2.00 bits per heavy atom. The van der Waals surface area contributed by atoms with E-state index in [0.29, 0.717) is 16.6 Å². The number of rotatable bonds is 5. The molecule has 0 unspecified atom stereocenters. The van der Waals surface area contributed by atoms with E-state index >= 15 is 0 Å². The predicted octanol–water partition coefficient (Wildman–Crippen LogP) is 2.22. The molecule has 0 aliphatic rings. The monoisotopic (exact) mass is 335 g/mol. The number of hydrogen-bond donors (Lipinski definition) is 1. The van der Waals surface area contributed by atoms with Gasteiger partial charge in [0.25, 0.3) is 0 Å². The molecule has 6 heteroatoms. The number of nitrogens with zero attached hydrogens (tertiary/aromatic N) is 1. The van der Waals surface area contributed by atoms with Crippen LogP contribution in [0.15, 0.2) is 27.6 Å². The molecule has 0 aliphatic carbocycles. The van der Waals surface area contributed by atoms with Crippen LogP contribution in [0.25, 0.3) is 0 Å². The Bertz CT molecular complexity index is 514. The Kier molecular flexibility index (Phi) is 5.33. The van der Waals surface area contributed by atoms with Gasteiger partial charge in [-0.15, -0.1) is 0 Å². The first kappa shape index (κ1) is 15.6. The van der Waals surface area contributed by atoms with Crippen LogP contribution in [0.4, 0.5) is 0 Å². The van der Waals surface area contributed by atoms with Gasteiger partial charge in [0.05, 0.1) is 11.5 Å². The van der Waals surface area contributed by atoms with Gasteiger partial charge in [0.15, 0.2) is 0 Å². The zero-order valence-corrected chi connectivity index (χ0v) is 13.1. The van der Waals surface area contributed by atoms with Crippen molar-refractivity contribution in [2.24, 2.45) is 5.92 Å². The highest BCUT2D eigenvalue weighted by molar-refractivity contribution is 9.10. The Morgan fingerprint density at radius 1 is 1.39 bits per heavy atom. The molecule has 1 aromatic carbocycles. The van der Waals surface area contributed by atoms with Gasteiger partial charge < -0.3 is 5.11 Å². The third-order valence-electron chi connectivity index (χ3n) is 2.49. The van der Waals surface area contributed by atoms with Crippen molar-refractivity contribution in [2.45, 2.75) is 25.3 Å². The maximum atomic E-state index is 12.3. The first-order valence-electron chi connectivity index (χ1n) is 5.64. The van der Waals surface area contributed by atoms with Gasteiger partial charge in [-0.3, -0.25) is 0 Å². The van der Waals surface area contributed by atoms with Crippen molar-refractivity contribution in [3.63, 3.8) is 0 Å². The molecule has 4 nitrogen and oxygen atoms in total. The van der Waals surface area contributed by atoms with Gasteiger partial charge in [-0.1, -0.05) is 19.9 Å². The average molecular weight is 336 g/mol. The molecular weight excluding hydrogens is 318 g/mol. The van der Waals surface area contributed by atoms with Crippen molar-refractivity contribution in [3.8, 4) is 0 Å². The van der Waals surface area contributed by atoms with Crippen LogP contribution in [0, 0.1) is 5.92 Å². The van der Waals surface area contributed by atoms with Crippen molar-refractivity contribution >= 4 is 26.0 Å². The number of aliphatic hydroxyl groups is 1. The molecule has 1 rings (SSSR count). The number of halogens is 1. The summed E-state index contributed by atoms with van der Waals surface area (Å²) in [6, 6.07) is 4.75. The van der Waals surface area contributed by atoms with E-state index in [1.165, 1.54) is 10.4 Å². The van der Waals surface area contributed by atoms with Crippen molar-refractivity contribution in [2.75, 3.05) is 13.6 Å². The summed E-state index contributed by atoms with van der Waals surface area (Å²) < 4.78 is 26.5. The summed E-state index contributed by atoms with van der Waals surface area (Å²) in [6.07, 6.45) is 0. The van der Waals surface area contributed by atoms with Crippen LogP contribution in [0.1, 0.15) is 19.4 Å². The lowest BCUT2D eigenvalue weighted by atomic mass is 10.2. The van der Waals surface area contributed by atoms with Crippen LogP contribution in [0.5, 0.6) is 0 Å². The van der Waals surface area contributed by atoms with Crippen LogP contribution in [0.3, 0.4) is 0 Å². The lowest BCUT2D eigenvalue weighted by Crippen LogP contribution is -2.30. The fourth-order valence-corrected chi connectivity index (χ4v) is 4.05. The second kappa shape index (κ2) is 6.14. The lowest BCUT2D eigenvalue weighted by Gasteiger charge is -2.20. The molecule has 0 aromatic heterocycles. The van der Waals surface area contributed by atoms with Crippen molar-refractivity contribution in [1.82, 2.24) is 4.31 Å². The fourth-order valence-electron chi connectivity index (χ4n) is 1.63. The number of benzene rings is 1. The first-order valence-corrected chi connectivity index (χ1v) is 7.88. The molecule has 0 aliphatic heterocycles. The van der Waals surface area contributed by atoms with Crippen molar-refractivity contribution < 1.29 is 13.5 Å². The number of sulfonamides is 1. The highest BCUT2D eigenvalue weighted by Crippen LogP contribution is 2.26. The van der Waals surface area contributed by atoms with E-state index < -0.39 is 10.0 Å². The molecule has 0 radical (unpaired) electrons. The number of aliphatic hydroxyl groups excluding tert-OH is 1. The highest BCUT2D eigenvalue weighted by atomic mass is 79.9. The van der Waals surface area contributed by atoms with Gasteiger partial charge >= 0.3 is 0 Å². The summed E-state index contributed by atoms with van der Waals surface area (Å²) in [4.78, 5) is 0.225. The van der Waals surface area contributed by atoms with E-state index in [1.807, 2.05) is 13.8 Å². The third-order valence-corrected chi connectivity index (χ3v) is 5.29. The molecule has 0 atom stereocenters. The quantitative estimate of drug-likeness (QED) is 0.897. The van der Waals surface area contributed by atoms with E-state index in [1.54, 1.807) is 19.2 Å². The molecule has 18 heavy (non-hydrogen) atoms. The minimum Gasteiger partial charge on any atom is -0.392 e. The van der Waals surface area contributed by atoms with E-state index in [4.69, 9.17) is 5.11 Å². The van der Waals surface area contributed by atoms with Crippen molar-refractivity contribution in [1.29, 1.82) is 0 Å². The minimum atomic E-state index is -3.48. The van der Waals surface area contributed by atoms with Gasteiger partial charge in [0, 0.05) is 18.1 Å². The van der Waals surface area contributed by atoms with E-state index in [9.17, 15) is 8.42 Å². The second-order valence-corrected chi connectivity index (χ2v) is 7.47. The third kappa shape index (κ3) is 3.54. The zero-order chi connectivity index (χ0) is 13.9. The normalized spacial score (nSPS) is 12.4. The number of hydrogen-bond acceptors (Lipinski definition) is 3.